The van der Waals surface area contributed by atoms with Gasteiger partial charge in [-0.2, -0.15) is 0 Å². The Hall–Kier alpha value is -3.47. The number of ether oxygens (including phenoxy) is 2. The largest absolute Gasteiger partial charge is 0.415 e. The van der Waals surface area contributed by atoms with Crippen LogP contribution in [0.1, 0.15) is 31.3 Å². The van der Waals surface area contributed by atoms with Crippen molar-refractivity contribution in [3.05, 3.63) is 41.4 Å². The molecule has 2 aliphatic heterocycles. The van der Waals surface area contributed by atoms with Gasteiger partial charge in [-0.1, -0.05) is 17.5 Å². The first-order chi connectivity index (χ1) is 18.3. The number of imidazole rings is 1. The number of anilines is 1. The van der Waals surface area contributed by atoms with Crippen LogP contribution in [0.15, 0.2) is 30.6 Å². The summed E-state index contributed by atoms with van der Waals surface area (Å²) in [7, 11) is 0. The fraction of sp³-hybridized carbons (Fsp3) is 0.440. The number of amides is 1. The van der Waals surface area contributed by atoms with Crippen LogP contribution in [0.3, 0.4) is 0 Å². The number of halogens is 1. The van der Waals surface area contributed by atoms with E-state index in [1.165, 1.54) is 10.9 Å². The summed E-state index contributed by atoms with van der Waals surface area (Å²) in [6, 6.07) is 6.64. The molecule has 2 fully saturated rings. The molecular weight excluding hydrogens is 516 g/mol. The van der Waals surface area contributed by atoms with Gasteiger partial charge in [-0.3, -0.25) is 4.57 Å². The molecule has 38 heavy (non-hydrogen) atoms. The third kappa shape index (κ3) is 5.38. The van der Waals surface area contributed by atoms with Crippen molar-refractivity contribution in [2.75, 3.05) is 25.4 Å². The number of carbonyl (C=O) groups is 1. The van der Waals surface area contributed by atoms with Crippen LogP contribution in [0, 0.1) is 17.8 Å². The van der Waals surface area contributed by atoms with Gasteiger partial charge in [-0.25, -0.2) is 19.7 Å². The molecule has 12 nitrogen and oxygen atoms in total. The van der Waals surface area contributed by atoms with E-state index in [2.05, 4.69) is 26.8 Å². The number of aliphatic hydroxyl groups is 3. The lowest BCUT2D eigenvalue weighted by molar-refractivity contribution is -0.0511. The second-order valence-electron chi connectivity index (χ2n) is 9.24. The van der Waals surface area contributed by atoms with Crippen LogP contribution >= 0.6 is 11.6 Å². The molecule has 0 bridgehead atoms. The standard InChI is InChI=1S/C25H27ClN6O6/c26-15-4-6-16(7-5-15)37-25(36)31-10-8-14(9-11-31)2-1-3-18-29-22(27)19-23(30-18)32(13-28-19)24-21(35)20(34)17(12-33)38-24/h4-7,13-14,17,20-21,24,33-35H,2,8-12H2,(H2,27,29,30)/t17-,20?,21+,24-/m1/s1. The maximum absolute atomic E-state index is 12.4. The van der Waals surface area contributed by atoms with Gasteiger partial charge in [0.2, 0.25) is 5.82 Å². The average Bonchev–Trinajstić information content (AvgIpc) is 3.46. The van der Waals surface area contributed by atoms with Gasteiger partial charge in [0.15, 0.2) is 17.7 Å². The minimum absolute atomic E-state index is 0.123. The van der Waals surface area contributed by atoms with Crippen LogP contribution < -0.4 is 10.5 Å². The number of likely N-dealkylation sites (tertiary alicyclic amines) is 1. The summed E-state index contributed by atoms with van der Waals surface area (Å²) in [5.74, 6) is 7.10. The summed E-state index contributed by atoms with van der Waals surface area (Å²) in [6.45, 7) is 0.688. The Kier molecular flexibility index (Phi) is 7.64. The van der Waals surface area contributed by atoms with E-state index < -0.39 is 31.1 Å². The predicted molar refractivity (Wildman–Crippen MR) is 136 cm³/mol. The van der Waals surface area contributed by atoms with Gasteiger partial charge in [-0.05, 0) is 48.9 Å². The summed E-state index contributed by atoms with van der Waals surface area (Å²) >= 11 is 5.87. The van der Waals surface area contributed by atoms with Crippen LogP contribution in [0.4, 0.5) is 10.6 Å². The highest BCUT2D eigenvalue weighted by Gasteiger charge is 2.44. The van der Waals surface area contributed by atoms with E-state index in [0.717, 1.165) is 12.8 Å². The number of hydrogen-bond acceptors (Lipinski definition) is 10. The third-order valence-electron chi connectivity index (χ3n) is 6.72. The molecule has 5 N–H and O–H groups in total. The monoisotopic (exact) mass is 542 g/mol. The molecule has 1 unspecified atom stereocenters. The SMILES string of the molecule is Nc1nc(C#CCC2CCN(C(=O)Oc3ccc(Cl)cc3)CC2)nc2c1ncn2[C@@H]1O[C@H](CO)C(O)[C@@H]1O. The van der Waals surface area contributed by atoms with Crippen molar-refractivity contribution in [3.63, 3.8) is 0 Å². The molecule has 5 rings (SSSR count). The number of nitrogen functional groups attached to an aromatic ring is 1. The molecule has 0 aliphatic carbocycles. The Labute approximate surface area is 223 Å². The maximum Gasteiger partial charge on any atom is 0.415 e. The number of nitrogens with zero attached hydrogens (tertiary/aromatic N) is 5. The van der Waals surface area contributed by atoms with Gasteiger partial charge in [0.1, 0.15) is 29.6 Å². The first kappa shape index (κ1) is 26.1. The van der Waals surface area contributed by atoms with Crippen molar-refractivity contribution < 1.29 is 29.6 Å². The number of nitrogens with two attached hydrogens (primary N) is 1. The van der Waals surface area contributed by atoms with Crippen molar-refractivity contribution in [2.45, 2.75) is 43.8 Å². The van der Waals surface area contributed by atoms with Crippen LogP contribution in [0.5, 0.6) is 5.75 Å². The molecule has 13 heteroatoms. The molecule has 3 aromatic rings. The average molecular weight is 543 g/mol. The molecule has 1 amide bonds. The molecule has 0 spiro atoms. The zero-order valence-electron chi connectivity index (χ0n) is 20.3. The molecule has 2 aliphatic rings. The first-order valence-electron chi connectivity index (χ1n) is 12.2. The number of fused-ring (bicyclic) bond motifs is 1. The Morgan fingerprint density at radius 1 is 1.18 bits per heavy atom. The van der Waals surface area contributed by atoms with E-state index in [-0.39, 0.29) is 17.7 Å². The molecule has 0 saturated carbocycles. The maximum atomic E-state index is 12.4. The lowest BCUT2D eigenvalue weighted by atomic mass is 9.94. The van der Waals surface area contributed by atoms with E-state index in [0.29, 0.717) is 47.4 Å². The number of rotatable bonds is 4. The fourth-order valence-corrected chi connectivity index (χ4v) is 4.68. The molecule has 0 radical (unpaired) electrons. The predicted octanol–water partition coefficient (Wildman–Crippen LogP) is 1.33. The number of benzene rings is 1. The number of aliphatic hydroxyl groups excluding tert-OH is 3. The quantitative estimate of drug-likeness (QED) is 0.353. The Bertz CT molecular complexity index is 1360. The van der Waals surface area contributed by atoms with Crippen molar-refractivity contribution in [1.82, 2.24) is 24.4 Å². The number of hydrogen-bond donors (Lipinski definition) is 4. The fourth-order valence-electron chi connectivity index (χ4n) is 4.55. The first-order valence-corrected chi connectivity index (χ1v) is 12.6. The minimum atomic E-state index is -1.29. The van der Waals surface area contributed by atoms with Crippen LogP contribution in [-0.4, -0.2) is 83.8 Å². The second kappa shape index (κ2) is 11.1. The Morgan fingerprint density at radius 3 is 2.61 bits per heavy atom. The second-order valence-corrected chi connectivity index (χ2v) is 9.68. The zero-order valence-corrected chi connectivity index (χ0v) is 21.0. The van der Waals surface area contributed by atoms with Gasteiger partial charge in [0, 0.05) is 24.5 Å². The Morgan fingerprint density at radius 2 is 1.92 bits per heavy atom. The summed E-state index contributed by atoms with van der Waals surface area (Å²) < 4.78 is 12.4. The molecule has 2 saturated heterocycles. The van der Waals surface area contributed by atoms with Gasteiger partial charge >= 0.3 is 6.09 Å². The normalized spacial score (nSPS) is 23.8. The number of aromatic nitrogens is 4. The van der Waals surface area contributed by atoms with Crippen LogP contribution in [0.25, 0.3) is 11.2 Å². The Balaban J connectivity index is 1.20. The van der Waals surface area contributed by atoms with Crippen molar-refractivity contribution in [2.24, 2.45) is 5.92 Å². The lowest BCUT2D eigenvalue weighted by Crippen LogP contribution is -2.40. The van der Waals surface area contributed by atoms with Crippen LogP contribution in [-0.2, 0) is 4.74 Å². The summed E-state index contributed by atoms with van der Waals surface area (Å²) in [4.78, 5) is 27.0. The molecule has 4 atom stereocenters. The van der Waals surface area contributed by atoms with Gasteiger partial charge in [0.05, 0.1) is 12.9 Å². The molecule has 200 valence electrons. The van der Waals surface area contributed by atoms with Gasteiger partial charge in [0.25, 0.3) is 0 Å². The van der Waals surface area contributed by atoms with Crippen LogP contribution in [0.2, 0.25) is 5.02 Å². The highest BCUT2D eigenvalue weighted by Crippen LogP contribution is 2.32. The van der Waals surface area contributed by atoms with Crippen molar-refractivity contribution in [1.29, 1.82) is 0 Å². The van der Waals surface area contributed by atoms with E-state index in [4.69, 9.17) is 26.8 Å². The lowest BCUT2D eigenvalue weighted by Gasteiger charge is -2.30. The minimum Gasteiger partial charge on any atom is -0.410 e. The molecule has 1 aromatic carbocycles. The number of piperidine rings is 1. The molecular formula is C25H27ClN6O6. The smallest absolute Gasteiger partial charge is 0.410 e. The highest BCUT2D eigenvalue weighted by atomic mass is 35.5. The number of carbonyl (C=O) groups excluding carboxylic acids is 1. The van der Waals surface area contributed by atoms with Crippen molar-refractivity contribution >= 4 is 34.7 Å². The highest BCUT2D eigenvalue weighted by molar-refractivity contribution is 6.30. The van der Waals surface area contributed by atoms with Gasteiger partial charge in [-0.15, -0.1) is 0 Å². The topological polar surface area (TPSA) is 169 Å². The third-order valence-corrected chi connectivity index (χ3v) is 6.97. The van der Waals surface area contributed by atoms with E-state index in [9.17, 15) is 20.1 Å². The zero-order chi connectivity index (χ0) is 26.8. The van der Waals surface area contributed by atoms with E-state index in [1.54, 1.807) is 29.2 Å². The van der Waals surface area contributed by atoms with E-state index in [1.807, 2.05) is 0 Å². The van der Waals surface area contributed by atoms with Crippen molar-refractivity contribution in [3.8, 4) is 17.6 Å². The summed E-state index contributed by atoms with van der Waals surface area (Å²) in [5.41, 5.74) is 6.67. The summed E-state index contributed by atoms with van der Waals surface area (Å²) in [6.07, 6.45) is -1.32. The molecule has 4 heterocycles. The van der Waals surface area contributed by atoms with Gasteiger partial charge < -0.3 is 35.4 Å². The molecule has 2 aromatic heterocycles. The van der Waals surface area contributed by atoms with E-state index >= 15 is 0 Å². The summed E-state index contributed by atoms with van der Waals surface area (Å²) in [5, 5.41) is 30.4.